The van der Waals surface area contributed by atoms with Crippen LogP contribution in [0.4, 0.5) is 5.82 Å². The van der Waals surface area contributed by atoms with Gasteiger partial charge in [0.1, 0.15) is 6.54 Å². The number of nitrogens with zero attached hydrogens (tertiary/aromatic N) is 1. The van der Waals surface area contributed by atoms with E-state index in [0.29, 0.717) is 18.9 Å². The lowest BCUT2D eigenvalue weighted by Gasteiger charge is -2.07. The van der Waals surface area contributed by atoms with Crippen molar-refractivity contribution in [3.8, 4) is 0 Å². The Morgan fingerprint density at radius 2 is 2.29 bits per heavy atom. The van der Waals surface area contributed by atoms with E-state index in [4.69, 9.17) is 0 Å². The van der Waals surface area contributed by atoms with Crippen LogP contribution in [0.5, 0.6) is 0 Å². The molecule has 1 rings (SSSR count). The molecule has 0 saturated carbocycles. The second-order valence-electron chi connectivity index (χ2n) is 2.82. The van der Waals surface area contributed by atoms with Crippen molar-refractivity contribution in [1.82, 2.24) is 5.32 Å². The van der Waals surface area contributed by atoms with Crippen LogP contribution in [-0.2, 0) is 4.79 Å². The lowest BCUT2D eigenvalue weighted by atomic mass is 10.4. The summed E-state index contributed by atoms with van der Waals surface area (Å²) >= 11 is 0. The summed E-state index contributed by atoms with van der Waals surface area (Å²) in [6, 6.07) is 5.11. The minimum absolute atomic E-state index is 0.0742. The van der Waals surface area contributed by atoms with E-state index >= 15 is 0 Å². The van der Waals surface area contributed by atoms with Gasteiger partial charge in [-0.3, -0.25) is 10.1 Å². The molecular formula is C9H13N3O2. The fourth-order valence-corrected chi connectivity index (χ4v) is 0.994. The van der Waals surface area contributed by atoms with Crippen molar-refractivity contribution >= 4 is 11.7 Å². The topological polar surface area (TPSA) is 68.1 Å². The van der Waals surface area contributed by atoms with Crippen molar-refractivity contribution in [3.63, 3.8) is 0 Å². The predicted molar refractivity (Wildman–Crippen MR) is 52.6 cm³/mol. The Hall–Kier alpha value is -1.78. The highest BCUT2D eigenvalue weighted by atomic mass is 16.5. The van der Waals surface area contributed by atoms with Crippen LogP contribution < -0.4 is 15.4 Å². The number of carbonyl (C=O) groups excluding carboxylic acids is 1. The number of hydrogen-bond donors (Lipinski definition) is 2. The molecule has 76 valence electrons. The molecule has 0 saturated heterocycles. The second-order valence-corrected chi connectivity index (χ2v) is 2.82. The molecule has 5 nitrogen and oxygen atoms in total. The Bertz CT molecular complexity index is 315. The Labute approximate surface area is 82.3 Å². The highest BCUT2D eigenvalue weighted by molar-refractivity contribution is 5.72. The molecule has 1 aromatic rings. The van der Waals surface area contributed by atoms with Gasteiger partial charge in [0.05, 0.1) is 12.7 Å². The Kier molecular flexibility index (Phi) is 3.72. The summed E-state index contributed by atoms with van der Waals surface area (Å²) in [6.45, 7) is 2.49. The number of amides is 1. The third-order valence-electron chi connectivity index (χ3n) is 1.63. The van der Waals surface area contributed by atoms with Gasteiger partial charge in [-0.1, -0.05) is 6.07 Å². The SMILES string of the molecule is CC(=O)NCCNc1cccc[n+]1[O-]. The molecule has 0 atom stereocenters. The van der Waals surface area contributed by atoms with Gasteiger partial charge in [-0.2, -0.15) is 0 Å². The van der Waals surface area contributed by atoms with E-state index in [1.54, 1.807) is 18.2 Å². The first-order valence-corrected chi connectivity index (χ1v) is 4.36. The normalized spacial score (nSPS) is 9.50. The summed E-state index contributed by atoms with van der Waals surface area (Å²) in [4.78, 5) is 10.5. The van der Waals surface area contributed by atoms with Crippen LogP contribution in [0.2, 0.25) is 0 Å². The number of rotatable bonds is 4. The van der Waals surface area contributed by atoms with Crippen LogP contribution in [0.15, 0.2) is 24.4 Å². The quantitative estimate of drug-likeness (QED) is 0.399. The standard InChI is InChI=1S/C9H13N3O2/c1-8(13)10-5-6-11-9-4-2-3-7-12(9)14/h2-4,7,11H,5-6H2,1H3,(H,10,13). The van der Waals surface area contributed by atoms with E-state index in [9.17, 15) is 10.0 Å². The van der Waals surface area contributed by atoms with Gasteiger partial charge in [0.15, 0.2) is 0 Å². The molecule has 0 aliphatic heterocycles. The van der Waals surface area contributed by atoms with E-state index in [2.05, 4.69) is 10.6 Å². The Morgan fingerprint density at radius 3 is 2.93 bits per heavy atom. The number of hydrogen-bond acceptors (Lipinski definition) is 3. The first-order valence-electron chi connectivity index (χ1n) is 4.36. The van der Waals surface area contributed by atoms with Gasteiger partial charge in [-0.25, -0.2) is 4.73 Å². The molecular weight excluding hydrogens is 182 g/mol. The maximum atomic E-state index is 11.1. The fourth-order valence-electron chi connectivity index (χ4n) is 0.994. The molecule has 0 spiro atoms. The molecule has 1 amide bonds. The molecule has 2 N–H and O–H groups in total. The Balaban J connectivity index is 2.31. The lowest BCUT2D eigenvalue weighted by molar-refractivity contribution is -0.590. The van der Waals surface area contributed by atoms with Crippen molar-refractivity contribution in [2.24, 2.45) is 0 Å². The van der Waals surface area contributed by atoms with Gasteiger partial charge >= 0.3 is 0 Å². The summed E-state index contributed by atoms with van der Waals surface area (Å²) in [7, 11) is 0. The zero-order chi connectivity index (χ0) is 10.4. The van der Waals surface area contributed by atoms with Gasteiger partial charge in [-0.15, -0.1) is 0 Å². The van der Waals surface area contributed by atoms with Gasteiger partial charge < -0.3 is 10.5 Å². The zero-order valence-corrected chi connectivity index (χ0v) is 7.99. The average Bonchev–Trinajstić information content (AvgIpc) is 2.15. The maximum Gasteiger partial charge on any atom is 0.277 e. The van der Waals surface area contributed by atoms with Crippen LogP contribution >= 0.6 is 0 Å². The molecule has 5 heteroatoms. The van der Waals surface area contributed by atoms with Gasteiger partial charge in [0, 0.05) is 13.0 Å². The van der Waals surface area contributed by atoms with Crippen LogP contribution in [0, 0.1) is 5.21 Å². The molecule has 0 unspecified atom stereocenters. The molecule has 0 aromatic carbocycles. The summed E-state index contributed by atoms with van der Waals surface area (Å²) in [6.07, 6.45) is 1.42. The number of nitrogens with one attached hydrogen (secondary N) is 2. The van der Waals surface area contributed by atoms with E-state index in [0.717, 1.165) is 4.73 Å². The lowest BCUT2D eigenvalue weighted by Crippen LogP contribution is -2.33. The van der Waals surface area contributed by atoms with Gasteiger partial charge in [0.25, 0.3) is 5.82 Å². The number of pyridine rings is 1. The molecule has 1 heterocycles. The van der Waals surface area contributed by atoms with Crippen molar-refractivity contribution in [1.29, 1.82) is 0 Å². The van der Waals surface area contributed by atoms with E-state index in [-0.39, 0.29) is 5.91 Å². The van der Waals surface area contributed by atoms with E-state index in [1.807, 2.05) is 0 Å². The summed E-state index contributed by atoms with van der Waals surface area (Å²) in [5.74, 6) is 0.410. The monoisotopic (exact) mass is 195 g/mol. The largest absolute Gasteiger partial charge is 0.711 e. The zero-order valence-electron chi connectivity index (χ0n) is 7.99. The van der Waals surface area contributed by atoms with Gasteiger partial charge in [-0.05, 0) is 6.07 Å². The number of aromatic nitrogens is 1. The first-order chi connectivity index (χ1) is 6.70. The summed E-state index contributed by atoms with van der Waals surface area (Å²) in [5, 5.41) is 16.6. The van der Waals surface area contributed by atoms with Crippen molar-refractivity contribution in [2.75, 3.05) is 18.4 Å². The van der Waals surface area contributed by atoms with E-state index in [1.165, 1.54) is 13.1 Å². The molecule has 0 aliphatic rings. The molecule has 1 aromatic heterocycles. The highest BCUT2D eigenvalue weighted by Gasteiger charge is 2.00. The van der Waals surface area contributed by atoms with Crippen molar-refractivity contribution in [3.05, 3.63) is 29.6 Å². The average molecular weight is 195 g/mol. The minimum atomic E-state index is -0.0742. The molecule has 0 radical (unpaired) electrons. The van der Waals surface area contributed by atoms with Crippen LogP contribution in [0.3, 0.4) is 0 Å². The molecule has 0 fully saturated rings. The smallest absolute Gasteiger partial charge is 0.277 e. The molecule has 0 bridgehead atoms. The third-order valence-corrected chi connectivity index (χ3v) is 1.63. The summed E-state index contributed by atoms with van der Waals surface area (Å²) < 4.78 is 0.744. The number of carbonyl (C=O) groups is 1. The maximum absolute atomic E-state index is 11.1. The van der Waals surface area contributed by atoms with Crippen LogP contribution in [0.25, 0.3) is 0 Å². The fraction of sp³-hybridized carbons (Fsp3) is 0.333. The van der Waals surface area contributed by atoms with E-state index < -0.39 is 0 Å². The van der Waals surface area contributed by atoms with Crippen molar-refractivity contribution in [2.45, 2.75) is 6.92 Å². The predicted octanol–water partition coefficient (Wildman–Crippen LogP) is -0.132. The van der Waals surface area contributed by atoms with Gasteiger partial charge in [0.2, 0.25) is 5.91 Å². The molecule has 0 aliphatic carbocycles. The minimum Gasteiger partial charge on any atom is -0.711 e. The highest BCUT2D eigenvalue weighted by Crippen LogP contribution is 1.95. The number of anilines is 1. The third kappa shape index (κ3) is 3.30. The first kappa shape index (κ1) is 10.3. The molecule has 14 heavy (non-hydrogen) atoms. The second kappa shape index (κ2) is 5.06. The van der Waals surface area contributed by atoms with Crippen molar-refractivity contribution < 1.29 is 9.52 Å². The Morgan fingerprint density at radius 1 is 1.50 bits per heavy atom. The van der Waals surface area contributed by atoms with Crippen LogP contribution in [-0.4, -0.2) is 19.0 Å². The summed E-state index contributed by atoms with van der Waals surface area (Å²) in [5.41, 5.74) is 0. The van der Waals surface area contributed by atoms with Crippen LogP contribution in [0.1, 0.15) is 6.92 Å².